The van der Waals surface area contributed by atoms with Crippen LogP contribution in [-0.4, -0.2) is 22.2 Å². The Hall–Kier alpha value is -0.820. The molecule has 1 fully saturated rings. The highest BCUT2D eigenvalue weighted by molar-refractivity contribution is 9.10. The smallest absolute Gasteiger partial charge is 0.394 e. The van der Waals surface area contributed by atoms with Crippen molar-refractivity contribution in [2.75, 3.05) is 11.9 Å². The zero-order valence-corrected chi connectivity index (χ0v) is 11.0. The Labute approximate surface area is 111 Å². The number of alkyl halides is 3. The van der Waals surface area contributed by atoms with Gasteiger partial charge in [0.25, 0.3) is 0 Å². The van der Waals surface area contributed by atoms with Crippen molar-refractivity contribution >= 4 is 21.7 Å². The van der Waals surface area contributed by atoms with E-state index in [1.165, 1.54) is 6.20 Å². The molecule has 1 aliphatic rings. The third-order valence-corrected chi connectivity index (χ3v) is 3.59. The van der Waals surface area contributed by atoms with E-state index in [1.54, 1.807) is 0 Å². The SMILES string of the molecule is OCC1(Nc2ncc(Br)cc2C(F)(F)F)CCC1. The van der Waals surface area contributed by atoms with E-state index in [4.69, 9.17) is 0 Å². The van der Waals surface area contributed by atoms with E-state index >= 15 is 0 Å². The molecule has 1 aliphatic carbocycles. The van der Waals surface area contributed by atoms with Crippen LogP contribution in [0.5, 0.6) is 0 Å². The molecular formula is C11H12BrF3N2O. The van der Waals surface area contributed by atoms with Crippen LogP contribution < -0.4 is 5.32 Å². The minimum Gasteiger partial charge on any atom is -0.394 e. The number of nitrogens with one attached hydrogen (secondary N) is 1. The number of rotatable bonds is 3. The summed E-state index contributed by atoms with van der Waals surface area (Å²) in [7, 11) is 0. The second-order valence-corrected chi connectivity index (χ2v) is 5.38. The molecule has 1 heterocycles. The molecule has 2 rings (SSSR count). The highest BCUT2D eigenvalue weighted by atomic mass is 79.9. The van der Waals surface area contributed by atoms with Crippen molar-refractivity contribution < 1.29 is 18.3 Å². The Balaban J connectivity index is 2.32. The van der Waals surface area contributed by atoms with Gasteiger partial charge in [-0.15, -0.1) is 0 Å². The van der Waals surface area contributed by atoms with E-state index in [-0.39, 0.29) is 16.9 Å². The predicted molar refractivity (Wildman–Crippen MR) is 64.2 cm³/mol. The average molecular weight is 325 g/mol. The van der Waals surface area contributed by atoms with Gasteiger partial charge in [0.2, 0.25) is 0 Å². The van der Waals surface area contributed by atoms with E-state index in [0.717, 1.165) is 12.5 Å². The molecule has 3 nitrogen and oxygen atoms in total. The first-order chi connectivity index (χ1) is 8.36. The molecular weight excluding hydrogens is 313 g/mol. The van der Waals surface area contributed by atoms with Crippen LogP contribution in [0.2, 0.25) is 0 Å². The normalized spacial score (nSPS) is 18.3. The molecule has 0 aliphatic heterocycles. The van der Waals surface area contributed by atoms with Gasteiger partial charge in [0, 0.05) is 10.7 Å². The van der Waals surface area contributed by atoms with Crippen molar-refractivity contribution in [1.82, 2.24) is 4.98 Å². The third-order valence-electron chi connectivity index (χ3n) is 3.16. The summed E-state index contributed by atoms with van der Waals surface area (Å²) in [5, 5.41) is 12.0. The number of aromatic nitrogens is 1. The molecule has 0 bridgehead atoms. The molecule has 0 saturated heterocycles. The van der Waals surface area contributed by atoms with Crippen LogP contribution in [-0.2, 0) is 6.18 Å². The Morgan fingerprint density at radius 3 is 2.56 bits per heavy atom. The van der Waals surface area contributed by atoms with E-state index in [0.29, 0.717) is 12.8 Å². The summed E-state index contributed by atoms with van der Waals surface area (Å²) < 4.78 is 38.9. The van der Waals surface area contributed by atoms with Gasteiger partial charge in [0.05, 0.1) is 17.7 Å². The lowest BCUT2D eigenvalue weighted by molar-refractivity contribution is -0.137. The van der Waals surface area contributed by atoms with Gasteiger partial charge in [-0.3, -0.25) is 0 Å². The molecule has 0 atom stereocenters. The maximum absolute atomic E-state index is 12.9. The van der Waals surface area contributed by atoms with E-state index in [1.807, 2.05) is 0 Å². The number of aliphatic hydroxyl groups excluding tert-OH is 1. The lowest BCUT2D eigenvalue weighted by atomic mass is 9.77. The summed E-state index contributed by atoms with van der Waals surface area (Å²) in [6.45, 7) is -0.192. The number of nitrogens with zero attached hydrogens (tertiary/aromatic N) is 1. The number of anilines is 1. The van der Waals surface area contributed by atoms with Crippen molar-refractivity contribution in [3.05, 3.63) is 22.3 Å². The first kappa shape index (κ1) is 13.6. The standard InChI is InChI=1S/C11H12BrF3N2O/c12-7-4-8(11(13,14)15)9(16-5-7)17-10(6-18)2-1-3-10/h4-5,18H,1-3,6H2,(H,16,17). The van der Waals surface area contributed by atoms with Crippen molar-refractivity contribution in [1.29, 1.82) is 0 Å². The van der Waals surface area contributed by atoms with Crippen LogP contribution in [0.15, 0.2) is 16.7 Å². The Bertz CT molecular complexity index is 441. The average Bonchev–Trinajstić information content (AvgIpc) is 2.24. The van der Waals surface area contributed by atoms with Crippen LogP contribution in [0, 0.1) is 0 Å². The fraction of sp³-hybridized carbons (Fsp3) is 0.545. The van der Waals surface area contributed by atoms with Gasteiger partial charge in [-0.1, -0.05) is 0 Å². The highest BCUT2D eigenvalue weighted by Gasteiger charge is 2.40. The molecule has 1 aromatic heterocycles. The number of hydrogen-bond acceptors (Lipinski definition) is 3. The largest absolute Gasteiger partial charge is 0.419 e. The Morgan fingerprint density at radius 2 is 2.11 bits per heavy atom. The summed E-state index contributed by atoms with van der Waals surface area (Å²) in [5.41, 5.74) is -1.47. The number of hydrogen-bond donors (Lipinski definition) is 2. The van der Waals surface area contributed by atoms with E-state index in [2.05, 4.69) is 26.2 Å². The monoisotopic (exact) mass is 324 g/mol. The highest BCUT2D eigenvalue weighted by Crippen LogP contribution is 2.40. The summed E-state index contributed by atoms with van der Waals surface area (Å²) in [5.74, 6) is -0.223. The van der Waals surface area contributed by atoms with Crippen LogP contribution in [0.1, 0.15) is 24.8 Å². The first-order valence-corrected chi connectivity index (χ1v) is 6.27. The summed E-state index contributed by atoms with van der Waals surface area (Å²) >= 11 is 2.98. The number of halogens is 4. The van der Waals surface area contributed by atoms with E-state index < -0.39 is 17.3 Å². The molecule has 1 aromatic rings. The molecule has 0 spiro atoms. The molecule has 7 heteroatoms. The molecule has 0 radical (unpaired) electrons. The summed E-state index contributed by atoms with van der Waals surface area (Å²) in [4.78, 5) is 3.77. The van der Waals surface area contributed by atoms with Gasteiger partial charge in [0.15, 0.2) is 0 Å². The van der Waals surface area contributed by atoms with Gasteiger partial charge < -0.3 is 10.4 Å². The Morgan fingerprint density at radius 1 is 1.44 bits per heavy atom. The third kappa shape index (κ3) is 2.61. The van der Waals surface area contributed by atoms with Gasteiger partial charge in [-0.25, -0.2) is 4.98 Å². The van der Waals surface area contributed by atoms with Gasteiger partial charge >= 0.3 is 6.18 Å². The molecule has 1 saturated carbocycles. The minimum atomic E-state index is -4.47. The molecule has 0 unspecified atom stereocenters. The number of pyridine rings is 1. The first-order valence-electron chi connectivity index (χ1n) is 5.48. The van der Waals surface area contributed by atoms with Crippen LogP contribution in [0.25, 0.3) is 0 Å². The van der Waals surface area contributed by atoms with Gasteiger partial charge in [0.1, 0.15) is 5.82 Å². The molecule has 0 aromatic carbocycles. The quantitative estimate of drug-likeness (QED) is 0.897. The lowest BCUT2D eigenvalue weighted by Crippen LogP contribution is -2.48. The zero-order chi connectivity index (χ0) is 13.4. The molecule has 100 valence electrons. The molecule has 2 N–H and O–H groups in total. The second-order valence-electron chi connectivity index (χ2n) is 4.46. The van der Waals surface area contributed by atoms with Crippen molar-refractivity contribution in [3.63, 3.8) is 0 Å². The molecule has 18 heavy (non-hydrogen) atoms. The maximum Gasteiger partial charge on any atom is 0.419 e. The fourth-order valence-corrected chi connectivity index (χ4v) is 2.26. The zero-order valence-electron chi connectivity index (χ0n) is 9.39. The maximum atomic E-state index is 12.9. The van der Waals surface area contributed by atoms with Crippen molar-refractivity contribution in [2.45, 2.75) is 31.0 Å². The number of aliphatic hydroxyl groups is 1. The van der Waals surface area contributed by atoms with E-state index in [9.17, 15) is 18.3 Å². The van der Waals surface area contributed by atoms with Crippen molar-refractivity contribution in [2.24, 2.45) is 0 Å². The predicted octanol–water partition coefficient (Wildman–Crippen LogP) is 3.19. The topological polar surface area (TPSA) is 45.1 Å². The lowest BCUT2D eigenvalue weighted by Gasteiger charge is -2.41. The van der Waals surface area contributed by atoms with Crippen LogP contribution >= 0.6 is 15.9 Å². The van der Waals surface area contributed by atoms with Gasteiger partial charge in [-0.2, -0.15) is 13.2 Å². The minimum absolute atomic E-state index is 0.192. The Kier molecular flexibility index (Phi) is 3.55. The van der Waals surface area contributed by atoms with Crippen LogP contribution in [0.3, 0.4) is 0 Å². The van der Waals surface area contributed by atoms with Crippen molar-refractivity contribution in [3.8, 4) is 0 Å². The summed E-state index contributed by atoms with van der Waals surface area (Å²) in [6.07, 6.45) is -0.969. The molecule has 0 amide bonds. The van der Waals surface area contributed by atoms with Gasteiger partial charge in [-0.05, 0) is 41.3 Å². The fourth-order valence-electron chi connectivity index (χ4n) is 1.93. The van der Waals surface area contributed by atoms with Crippen LogP contribution in [0.4, 0.5) is 19.0 Å². The summed E-state index contributed by atoms with van der Waals surface area (Å²) in [6, 6.07) is 0.985. The second kappa shape index (κ2) is 4.70.